The second-order valence-electron chi connectivity index (χ2n) is 9.24. The van der Waals surface area contributed by atoms with E-state index in [1.54, 1.807) is 18.5 Å². The zero-order valence-corrected chi connectivity index (χ0v) is 21.2. The van der Waals surface area contributed by atoms with Gasteiger partial charge < -0.3 is 15.0 Å². The standard InChI is InChI=1S/C28H32N4O4/c1-18-10-8-14-24(19(18)2)29-25(33)17-31(16-23-13-9-15-36-23)28(35)27(34)26-20(3)30-32(21(26)4)22-11-6-5-7-12-22/h5-8,10-12,14,23H,9,13,15-17H2,1-4H3,(H,29,33). The number of amides is 2. The van der Waals surface area contributed by atoms with Crippen LogP contribution in [0, 0.1) is 27.7 Å². The van der Waals surface area contributed by atoms with E-state index in [9.17, 15) is 14.4 Å². The number of hydrogen-bond donors (Lipinski definition) is 1. The van der Waals surface area contributed by atoms with Crippen LogP contribution in [0.25, 0.3) is 5.69 Å². The molecule has 1 atom stereocenters. The maximum Gasteiger partial charge on any atom is 0.295 e. The number of para-hydroxylation sites is 1. The minimum absolute atomic E-state index is 0.176. The normalized spacial score (nSPS) is 15.1. The van der Waals surface area contributed by atoms with Crippen LogP contribution in [0.5, 0.6) is 0 Å². The second kappa shape index (κ2) is 10.9. The molecule has 1 aliphatic rings. The highest BCUT2D eigenvalue weighted by Crippen LogP contribution is 2.21. The van der Waals surface area contributed by atoms with E-state index < -0.39 is 11.7 Å². The molecule has 0 radical (unpaired) electrons. The molecule has 1 fully saturated rings. The fourth-order valence-electron chi connectivity index (χ4n) is 4.55. The highest BCUT2D eigenvalue weighted by atomic mass is 16.5. The summed E-state index contributed by atoms with van der Waals surface area (Å²) >= 11 is 0. The first kappa shape index (κ1) is 25.3. The second-order valence-corrected chi connectivity index (χ2v) is 9.24. The van der Waals surface area contributed by atoms with Crippen LogP contribution in [0.2, 0.25) is 0 Å². The van der Waals surface area contributed by atoms with Crippen molar-refractivity contribution in [3.8, 4) is 5.69 Å². The number of benzene rings is 2. The molecule has 1 saturated heterocycles. The summed E-state index contributed by atoms with van der Waals surface area (Å²) < 4.78 is 7.37. The molecule has 3 aromatic rings. The third-order valence-corrected chi connectivity index (χ3v) is 6.66. The van der Waals surface area contributed by atoms with E-state index in [2.05, 4.69) is 10.4 Å². The monoisotopic (exact) mass is 488 g/mol. The summed E-state index contributed by atoms with van der Waals surface area (Å²) in [5.74, 6) is -1.78. The minimum atomic E-state index is -0.736. The minimum Gasteiger partial charge on any atom is -0.376 e. The van der Waals surface area contributed by atoms with Gasteiger partial charge in [-0.1, -0.05) is 30.3 Å². The van der Waals surface area contributed by atoms with Crippen molar-refractivity contribution in [3.05, 3.63) is 76.6 Å². The smallest absolute Gasteiger partial charge is 0.295 e. The maximum absolute atomic E-state index is 13.5. The van der Waals surface area contributed by atoms with Gasteiger partial charge in [-0.15, -0.1) is 0 Å². The fourth-order valence-corrected chi connectivity index (χ4v) is 4.55. The molecule has 8 nitrogen and oxygen atoms in total. The Morgan fingerprint density at radius 3 is 2.50 bits per heavy atom. The predicted octanol–water partition coefficient (Wildman–Crippen LogP) is 3.93. The third-order valence-electron chi connectivity index (χ3n) is 6.66. The van der Waals surface area contributed by atoms with Crippen LogP contribution in [0.1, 0.15) is 45.7 Å². The van der Waals surface area contributed by atoms with Crippen LogP contribution < -0.4 is 5.32 Å². The SMILES string of the molecule is Cc1cccc(NC(=O)CN(CC2CCCO2)C(=O)C(=O)c2c(C)nn(-c3ccccc3)c2C)c1C. The van der Waals surface area contributed by atoms with Crippen molar-refractivity contribution in [1.82, 2.24) is 14.7 Å². The summed E-state index contributed by atoms with van der Waals surface area (Å²) in [5, 5.41) is 7.39. The Morgan fingerprint density at radius 2 is 1.81 bits per heavy atom. The van der Waals surface area contributed by atoms with Gasteiger partial charge in [-0.25, -0.2) is 4.68 Å². The average molecular weight is 489 g/mol. The summed E-state index contributed by atoms with van der Waals surface area (Å²) in [4.78, 5) is 41.2. The molecule has 8 heteroatoms. The van der Waals surface area contributed by atoms with Crippen molar-refractivity contribution in [1.29, 1.82) is 0 Å². The van der Waals surface area contributed by atoms with Gasteiger partial charge in [0.15, 0.2) is 0 Å². The summed E-state index contributed by atoms with van der Waals surface area (Å²) in [5.41, 5.74) is 4.80. The zero-order valence-electron chi connectivity index (χ0n) is 21.2. The predicted molar refractivity (Wildman–Crippen MR) is 137 cm³/mol. The highest BCUT2D eigenvalue weighted by Gasteiger charge is 2.32. The molecule has 0 aliphatic carbocycles. The van der Waals surface area contributed by atoms with Crippen molar-refractivity contribution in [2.75, 3.05) is 25.0 Å². The zero-order chi connectivity index (χ0) is 25.8. The van der Waals surface area contributed by atoms with E-state index in [1.807, 2.05) is 62.4 Å². The van der Waals surface area contributed by atoms with Crippen molar-refractivity contribution < 1.29 is 19.1 Å². The molecule has 1 unspecified atom stereocenters. The fraction of sp³-hybridized carbons (Fsp3) is 0.357. The lowest BCUT2D eigenvalue weighted by atomic mass is 10.1. The van der Waals surface area contributed by atoms with E-state index >= 15 is 0 Å². The Morgan fingerprint density at radius 1 is 1.06 bits per heavy atom. The number of aryl methyl sites for hydroxylation is 2. The lowest BCUT2D eigenvalue weighted by Crippen LogP contribution is -2.45. The Hall–Kier alpha value is -3.78. The largest absolute Gasteiger partial charge is 0.376 e. The maximum atomic E-state index is 13.5. The number of rotatable bonds is 8. The Labute approximate surface area is 211 Å². The first-order chi connectivity index (χ1) is 17.3. The molecule has 0 bridgehead atoms. The van der Waals surface area contributed by atoms with E-state index in [0.29, 0.717) is 23.7 Å². The molecule has 2 amide bonds. The van der Waals surface area contributed by atoms with Crippen molar-refractivity contribution in [2.45, 2.75) is 46.6 Å². The molecule has 1 aromatic heterocycles. The van der Waals surface area contributed by atoms with Crippen LogP contribution in [-0.2, 0) is 14.3 Å². The number of aromatic nitrogens is 2. The van der Waals surface area contributed by atoms with Gasteiger partial charge in [-0.3, -0.25) is 14.4 Å². The van der Waals surface area contributed by atoms with E-state index in [4.69, 9.17) is 4.74 Å². The number of anilines is 1. The molecule has 0 spiro atoms. The summed E-state index contributed by atoms with van der Waals surface area (Å²) in [6.45, 7) is 7.92. The molecular weight excluding hydrogens is 456 g/mol. The molecule has 36 heavy (non-hydrogen) atoms. The highest BCUT2D eigenvalue weighted by molar-refractivity contribution is 6.43. The van der Waals surface area contributed by atoms with Crippen LogP contribution in [0.3, 0.4) is 0 Å². The van der Waals surface area contributed by atoms with Gasteiger partial charge in [-0.05, 0) is 69.9 Å². The van der Waals surface area contributed by atoms with Crippen LogP contribution >= 0.6 is 0 Å². The molecule has 0 saturated carbocycles. The van der Waals surface area contributed by atoms with Crippen LogP contribution in [0.15, 0.2) is 48.5 Å². The topological polar surface area (TPSA) is 93.5 Å². The van der Waals surface area contributed by atoms with Gasteiger partial charge in [0, 0.05) is 18.8 Å². The molecule has 4 rings (SSSR count). The van der Waals surface area contributed by atoms with Crippen LogP contribution in [-0.4, -0.2) is 58.1 Å². The van der Waals surface area contributed by atoms with E-state index in [-0.39, 0.29) is 30.7 Å². The number of Topliss-reactive ketones (excluding diaryl/α,β-unsaturated/α-hetero) is 1. The number of hydrogen-bond acceptors (Lipinski definition) is 5. The Kier molecular flexibility index (Phi) is 7.64. The lowest BCUT2D eigenvalue weighted by Gasteiger charge is -2.24. The number of nitrogens with one attached hydrogen (secondary N) is 1. The summed E-state index contributed by atoms with van der Waals surface area (Å²) in [6, 6.07) is 15.1. The number of ketones is 1. The third kappa shape index (κ3) is 5.39. The Balaban J connectivity index is 1.57. The number of nitrogens with zero attached hydrogens (tertiary/aromatic N) is 3. The molecule has 188 valence electrons. The number of carbonyl (C=O) groups excluding carboxylic acids is 3. The summed E-state index contributed by atoms with van der Waals surface area (Å²) in [7, 11) is 0. The van der Waals surface area contributed by atoms with Crippen LogP contribution in [0.4, 0.5) is 5.69 Å². The number of ether oxygens (including phenoxy) is 1. The first-order valence-corrected chi connectivity index (χ1v) is 12.2. The lowest BCUT2D eigenvalue weighted by molar-refractivity contribution is -0.132. The van der Waals surface area contributed by atoms with Crippen molar-refractivity contribution in [2.24, 2.45) is 0 Å². The van der Waals surface area contributed by atoms with Crippen molar-refractivity contribution >= 4 is 23.3 Å². The van der Waals surface area contributed by atoms with Gasteiger partial charge in [-0.2, -0.15) is 5.10 Å². The van der Waals surface area contributed by atoms with E-state index in [1.165, 1.54) is 4.90 Å². The first-order valence-electron chi connectivity index (χ1n) is 12.2. The Bertz CT molecular complexity index is 1280. The average Bonchev–Trinajstić information content (AvgIpc) is 3.48. The molecule has 2 heterocycles. The summed E-state index contributed by atoms with van der Waals surface area (Å²) in [6.07, 6.45) is 1.46. The van der Waals surface area contributed by atoms with Gasteiger partial charge in [0.25, 0.3) is 11.7 Å². The van der Waals surface area contributed by atoms with Crippen molar-refractivity contribution in [3.63, 3.8) is 0 Å². The quantitative estimate of drug-likeness (QED) is 0.383. The van der Waals surface area contributed by atoms with Gasteiger partial charge in [0.2, 0.25) is 5.91 Å². The molecule has 2 aromatic carbocycles. The molecule has 1 aliphatic heterocycles. The van der Waals surface area contributed by atoms with Gasteiger partial charge >= 0.3 is 0 Å². The van der Waals surface area contributed by atoms with E-state index in [0.717, 1.165) is 29.7 Å². The van der Waals surface area contributed by atoms with Gasteiger partial charge in [0.05, 0.1) is 28.7 Å². The molecule has 1 N–H and O–H groups in total. The molecular formula is C28H32N4O4. The van der Waals surface area contributed by atoms with Gasteiger partial charge in [0.1, 0.15) is 6.54 Å². The number of carbonyl (C=O) groups is 3.